The van der Waals surface area contributed by atoms with Crippen molar-refractivity contribution in [3.63, 3.8) is 0 Å². The number of methoxy groups -OCH3 is 1. The molecule has 0 aliphatic rings. The normalized spacial score (nSPS) is 8.26. The number of carbonyl (C=O) groups is 1. The molecule has 0 heterocycles. The van der Waals surface area contributed by atoms with Crippen molar-refractivity contribution in [1.29, 1.82) is 0 Å². The summed E-state index contributed by atoms with van der Waals surface area (Å²) in [6.45, 7) is 13.5. The predicted molar refractivity (Wildman–Crippen MR) is 60.8 cm³/mol. The minimum absolute atomic E-state index is 0. The van der Waals surface area contributed by atoms with Crippen molar-refractivity contribution >= 4 is 21.9 Å². The SMILES string of the molecule is COC(=O)[CH][CH][CH][CH]C(O)CBr.[C-]#[O+].[C-]#[O+].[C-]#[O+].[Fe]. The Morgan fingerprint density at radius 3 is 2.00 bits per heavy atom. The van der Waals surface area contributed by atoms with Crippen molar-refractivity contribution in [1.82, 2.24) is 0 Å². The van der Waals surface area contributed by atoms with E-state index in [9.17, 15) is 4.79 Å². The third-order valence-corrected chi connectivity index (χ3v) is 1.70. The number of hydrogen-bond donors (Lipinski definition) is 1. The van der Waals surface area contributed by atoms with Crippen LogP contribution in [0.15, 0.2) is 0 Å². The van der Waals surface area contributed by atoms with E-state index < -0.39 is 12.1 Å². The van der Waals surface area contributed by atoms with Gasteiger partial charge in [0.05, 0.1) is 19.6 Å². The third kappa shape index (κ3) is 38.1. The van der Waals surface area contributed by atoms with Gasteiger partial charge in [-0.15, -0.1) is 0 Å². The molecule has 0 aromatic rings. The van der Waals surface area contributed by atoms with E-state index in [-0.39, 0.29) is 17.1 Å². The van der Waals surface area contributed by atoms with Gasteiger partial charge in [-0.25, -0.2) is 0 Å². The summed E-state index contributed by atoms with van der Waals surface area (Å²) in [5.74, 6) is -0.409. The summed E-state index contributed by atoms with van der Waals surface area (Å²) in [5, 5.41) is 9.48. The van der Waals surface area contributed by atoms with Crippen LogP contribution in [0.4, 0.5) is 0 Å². The monoisotopic (exact) mass is 374 g/mol. The molecule has 8 heteroatoms. The molecule has 19 heavy (non-hydrogen) atoms. The molecule has 0 fully saturated rings. The number of rotatable bonds is 6. The largest absolute Gasteiger partial charge is 0 e. The van der Waals surface area contributed by atoms with Crippen molar-refractivity contribution in [3.8, 4) is 0 Å². The molecule has 0 spiro atoms. The Balaban J connectivity index is -0.0000000816. The van der Waals surface area contributed by atoms with E-state index in [0.717, 1.165) is 0 Å². The van der Waals surface area contributed by atoms with Crippen LogP contribution in [0.25, 0.3) is 0 Å². The van der Waals surface area contributed by atoms with E-state index in [4.69, 9.17) is 19.1 Å². The maximum absolute atomic E-state index is 10.5. The topological polar surface area (TPSA) is 106 Å². The summed E-state index contributed by atoms with van der Waals surface area (Å²) in [7, 11) is 1.31. The van der Waals surface area contributed by atoms with E-state index in [1.165, 1.54) is 20.0 Å². The van der Waals surface area contributed by atoms with Crippen molar-refractivity contribution in [2.75, 3.05) is 12.4 Å². The minimum Gasteiger partial charge on any atom is 0 e. The summed E-state index contributed by atoms with van der Waals surface area (Å²) in [6.07, 6.45) is 5.42. The fourth-order valence-corrected chi connectivity index (χ4v) is 0.662. The van der Waals surface area contributed by atoms with Crippen molar-refractivity contribution in [2.24, 2.45) is 0 Å². The van der Waals surface area contributed by atoms with Crippen LogP contribution in [0.3, 0.4) is 0 Å². The van der Waals surface area contributed by atoms with Gasteiger partial charge in [-0.1, -0.05) is 15.9 Å². The van der Waals surface area contributed by atoms with Crippen LogP contribution in [0.2, 0.25) is 0 Å². The Morgan fingerprint density at radius 1 is 1.26 bits per heavy atom. The summed E-state index contributed by atoms with van der Waals surface area (Å²) < 4.78 is 26.9. The molecule has 0 amide bonds. The Morgan fingerprint density at radius 2 is 1.68 bits per heavy atom. The average molecular weight is 375 g/mol. The predicted octanol–water partition coefficient (Wildman–Crippen LogP) is 0.617. The van der Waals surface area contributed by atoms with Crippen LogP contribution in [0.1, 0.15) is 0 Å². The molecule has 0 saturated carbocycles. The number of unbranched alkanes of at least 4 members (excludes halogenated alkanes) is 1. The summed E-state index contributed by atoms with van der Waals surface area (Å²) in [4.78, 5) is 10.5. The zero-order valence-corrected chi connectivity index (χ0v) is 12.5. The number of esters is 1. The molecule has 0 aromatic heterocycles. The summed E-state index contributed by atoms with van der Waals surface area (Å²) in [6, 6.07) is 0. The van der Waals surface area contributed by atoms with Crippen LogP contribution >= 0.6 is 15.9 Å². The van der Waals surface area contributed by atoms with Gasteiger partial charge in [0.15, 0.2) is 0 Å². The van der Waals surface area contributed by atoms with Gasteiger partial charge in [0.2, 0.25) is 0 Å². The van der Waals surface area contributed by atoms with E-state index in [1.54, 1.807) is 12.8 Å². The molecule has 0 bridgehead atoms. The molecular weight excluding hydrogens is 364 g/mol. The molecule has 0 rings (SSSR count). The van der Waals surface area contributed by atoms with Gasteiger partial charge in [0, 0.05) is 22.4 Å². The van der Waals surface area contributed by atoms with Crippen molar-refractivity contribution in [2.45, 2.75) is 6.10 Å². The van der Waals surface area contributed by atoms with E-state index in [1.807, 2.05) is 0 Å². The van der Waals surface area contributed by atoms with Gasteiger partial charge in [-0.05, 0) is 19.3 Å². The number of carbonyl (C=O) groups excluding carboxylic acids is 1. The molecule has 1 unspecified atom stereocenters. The molecule has 0 aromatic carbocycles. The van der Waals surface area contributed by atoms with Gasteiger partial charge < -0.3 is 9.84 Å². The second-order valence-corrected chi connectivity index (χ2v) is 2.64. The molecule has 106 valence electrons. The molecular formula is C11H11BrFeO6. The van der Waals surface area contributed by atoms with Crippen LogP contribution in [-0.4, -0.2) is 29.6 Å². The Hall–Kier alpha value is -0.351. The van der Waals surface area contributed by atoms with Gasteiger partial charge in [-0.2, -0.15) is 0 Å². The maximum atomic E-state index is 10.5. The first-order valence-electron chi connectivity index (χ1n) is 3.98. The standard InChI is InChI=1S/C8H11BrO3.3CO.Fe/c1-12-8(11)5-3-2-4-7(10)6-9;3*1-2;/h2-5,7,10H,6H2,1H3;;;;. The van der Waals surface area contributed by atoms with E-state index >= 15 is 0 Å². The van der Waals surface area contributed by atoms with E-state index in [2.05, 4.69) is 40.6 Å². The fraction of sp³-hybridized carbons (Fsp3) is 0.273. The molecule has 0 saturated heterocycles. The van der Waals surface area contributed by atoms with Gasteiger partial charge in [0.25, 0.3) is 0 Å². The minimum atomic E-state index is -0.521. The van der Waals surface area contributed by atoms with Crippen LogP contribution < -0.4 is 0 Å². The third-order valence-electron chi connectivity index (χ3n) is 1.04. The van der Waals surface area contributed by atoms with Crippen LogP contribution in [0, 0.1) is 45.6 Å². The molecule has 4 radical (unpaired) electrons. The number of hydrogen-bond acceptors (Lipinski definition) is 3. The van der Waals surface area contributed by atoms with E-state index in [0.29, 0.717) is 5.33 Å². The summed E-state index contributed by atoms with van der Waals surface area (Å²) in [5.41, 5.74) is 0. The van der Waals surface area contributed by atoms with Crippen molar-refractivity contribution < 1.29 is 45.7 Å². The number of aliphatic hydroxyl groups is 1. The maximum Gasteiger partial charge on any atom is 0 e. The summed E-state index contributed by atoms with van der Waals surface area (Å²) >= 11 is 3.09. The molecule has 1 atom stereocenters. The quantitative estimate of drug-likeness (QED) is 0.184. The van der Waals surface area contributed by atoms with Crippen LogP contribution in [0.5, 0.6) is 0 Å². The first-order valence-corrected chi connectivity index (χ1v) is 5.11. The number of halogens is 1. The molecule has 0 aliphatic heterocycles. The van der Waals surface area contributed by atoms with Gasteiger partial charge in [-0.3, -0.25) is 4.79 Å². The Bertz CT molecular complexity index is 215. The smallest absolute Gasteiger partial charge is 0 e. The average Bonchev–Trinajstić information content (AvgIpc) is 2.49. The zero-order valence-electron chi connectivity index (χ0n) is 9.81. The molecule has 0 aliphatic carbocycles. The zero-order chi connectivity index (χ0) is 15.4. The second-order valence-electron chi connectivity index (χ2n) is 1.99. The first kappa shape index (κ1) is 31.2. The van der Waals surface area contributed by atoms with Gasteiger partial charge in [0.1, 0.15) is 0 Å². The van der Waals surface area contributed by atoms with Crippen molar-refractivity contribution in [3.05, 3.63) is 45.6 Å². The van der Waals surface area contributed by atoms with Gasteiger partial charge >= 0.3 is 39.9 Å². The Kier molecular flexibility index (Phi) is 59.2. The molecule has 6 nitrogen and oxygen atoms in total. The second kappa shape index (κ2) is 36.1. The Labute approximate surface area is 132 Å². The first-order chi connectivity index (χ1) is 8.70. The van der Waals surface area contributed by atoms with Crippen LogP contribution in [-0.2, 0) is 40.6 Å². The number of alkyl halides is 1. The number of aliphatic hydroxyl groups excluding tert-OH is 1. The molecule has 1 N–H and O–H groups in total. The number of ether oxygens (including phenoxy) is 1. The fourth-order valence-electron chi connectivity index (χ4n) is 0.446.